The summed E-state index contributed by atoms with van der Waals surface area (Å²) in [6.45, 7) is 16.1. The van der Waals surface area contributed by atoms with Gasteiger partial charge >= 0.3 is 0 Å². The monoisotopic (exact) mass is 240 g/mol. The van der Waals surface area contributed by atoms with Gasteiger partial charge in [-0.25, -0.2) is 0 Å². The molecule has 1 N–H and O–H groups in total. The Morgan fingerprint density at radius 1 is 1.18 bits per heavy atom. The van der Waals surface area contributed by atoms with Crippen molar-refractivity contribution < 1.29 is 0 Å². The Kier molecular flexibility index (Phi) is 5.46. The van der Waals surface area contributed by atoms with Crippen LogP contribution in [0.15, 0.2) is 0 Å². The molecule has 0 radical (unpaired) electrons. The van der Waals surface area contributed by atoms with Crippen LogP contribution in [0.4, 0.5) is 0 Å². The van der Waals surface area contributed by atoms with Gasteiger partial charge in [0.05, 0.1) is 0 Å². The maximum atomic E-state index is 3.63. The molecule has 0 heterocycles. The number of hydrogen-bond donors (Lipinski definition) is 1. The van der Waals surface area contributed by atoms with Gasteiger partial charge in [0.25, 0.3) is 0 Å². The molecular formula is C15H32N2. The first-order chi connectivity index (χ1) is 7.79. The molecule has 1 rings (SSSR count). The molecule has 0 amide bonds. The number of nitrogens with zero attached hydrogens (tertiary/aromatic N) is 1. The number of nitrogens with one attached hydrogen (secondary N) is 1. The van der Waals surface area contributed by atoms with E-state index in [-0.39, 0.29) is 5.54 Å². The van der Waals surface area contributed by atoms with Crippen LogP contribution < -0.4 is 5.32 Å². The van der Waals surface area contributed by atoms with Crippen LogP contribution in [0.1, 0.15) is 60.8 Å². The van der Waals surface area contributed by atoms with Gasteiger partial charge in [0, 0.05) is 24.2 Å². The van der Waals surface area contributed by atoms with Crippen LogP contribution in [0.3, 0.4) is 0 Å². The Labute approximate surface area is 108 Å². The molecule has 0 aromatic rings. The Balaban J connectivity index is 2.35. The fourth-order valence-electron chi connectivity index (χ4n) is 2.15. The van der Waals surface area contributed by atoms with E-state index in [4.69, 9.17) is 0 Å². The number of rotatable bonds is 7. The van der Waals surface area contributed by atoms with Crippen molar-refractivity contribution in [3.63, 3.8) is 0 Å². The molecule has 0 aromatic carbocycles. The van der Waals surface area contributed by atoms with Crippen molar-refractivity contribution in [3.05, 3.63) is 0 Å². The van der Waals surface area contributed by atoms with Gasteiger partial charge in [-0.05, 0) is 59.4 Å². The lowest BCUT2D eigenvalue weighted by Crippen LogP contribution is -2.47. The van der Waals surface area contributed by atoms with E-state index in [2.05, 4.69) is 51.8 Å². The first kappa shape index (κ1) is 15.0. The molecule has 2 heteroatoms. The van der Waals surface area contributed by atoms with Gasteiger partial charge in [-0.15, -0.1) is 0 Å². The first-order valence-electron chi connectivity index (χ1n) is 7.30. The van der Waals surface area contributed by atoms with Gasteiger partial charge in [0.1, 0.15) is 0 Å². The van der Waals surface area contributed by atoms with E-state index in [0.717, 1.165) is 18.5 Å². The smallest absolute Gasteiger partial charge is 0.0195 e. The van der Waals surface area contributed by atoms with Crippen molar-refractivity contribution in [2.45, 2.75) is 78.4 Å². The van der Waals surface area contributed by atoms with E-state index in [9.17, 15) is 0 Å². The lowest BCUT2D eigenvalue weighted by Gasteiger charge is -2.32. The number of hydrogen-bond acceptors (Lipinski definition) is 2. The lowest BCUT2D eigenvalue weighted by molar-refractivity contribution is 0.176. The van der Waals surface area contributed by atoms with Crippen LogP contribution in [-0.2, 0) is 0 Å². The molecule has 2 nitrogen and oxygen atoms in total. The lowest BCUT2D eigenvalue weighted by atomic mass is 10.1. The van der Waals surface area contributed by atoms with E-state index in [1.807, 2.05) is 0 Å². The van der Waals surface area contributed by atoms with Crippen LogP contribution in [-0.4, -0.2) is 35.6 Å². The van der Waals surface area contributed by atoms with Crippen LogP contribution in [0.5, 0.6) is 0 Å². The van der Waals surface area contributed by atoms with E-state index < -0.39 is 0 Å². The highest BCUT2D eigenvalue weighted by atomic mass is 15.2. The topological polar surface area (TPSA) is 15.3 Å². The second-order valence-electron chi connectivity index (χ2n) is 7.13. The molecule has 102 valence electrons. The minimum absolute atomic E-state index is 0.238. The van der Waals surface area contributed by atoms with Crippen molar-refractivity contribution >= 4 is 0 Å². The molecule has 17 heavy (non-hydrogen) atoms. The third-order valence-electron chi connectivity index (χ3n) is 3.47. The van der Waals surface area contributed by atoms with Crippen LogP contribution in [0, 0.1) is 5.92 Å². The second-order valence-corrected chi connectivity index (χ2v) is 7.13. The fraction of sp³-hybridized carbons (Fsp3) is 1.00. The molecule has 1 atom stereocenters. The second kappa shape index (κ2) is 6.19. The van der Waals surface area contributed by atoms with Gasteiger partial charge in [-0.3, -0.25) is 4.90 Å². The fourth-order valence-corrected chi connectivity index (χ4v) is 2.15. The summed E-state index contributed by atoms with van der Waals surface area (Å²) in [7, 11) is 0. The van der Waals surface area contributed by atoms with Crippen LogP contribution in [0.25, 0.3) is 0 Å². The Morgan fingerprint density at radius 3 is 2.18 bits per heavy atom. The Bertz CT molecular complexity index is 213. The van der Waals surface area contributed by atoms with Gasteiger partial charge in [-0.2, -0.15) is 0 Å². The third kappa shape index (κ3) is 6.42. The van der Waals surface area contributed by atoms with Crippen LogP contribution in [0.2, 0.25) is 0 Å². The van der Waals surface area contributed by atoms with Crippen molar-refractivity contribution in [2.75, 3.05) is 13.1 Å². The summed E-state index contributed by atoms with van der Waals surface area (Å²) in [6.07, 6.45) is 4.16. The van der Waals surface area contributed by atoms with E-state index in [0.29, 0.717) is 6.04 Å². The SMILES string of the molecule is CC(C)CCN(C(C)CNC(C)(C)C)C1CC1. The van der Waals surface area contributed by atoms with Gasteiger partial charge in [0.2, 0.25) is 0 Å². The average Bonchev–Trinajstić information content (AvgIpc) is 2.97. The van der Waals surface area contributed by atoms with E-state index >= 15 is 0 Å². The summed E-state index contributed by atoms with van der Waals surface area (Å²) < 4.78 is 0. The minimum atomic E-state index is 0.238. The normalized spacial score (nSPS) is 19.1. The summed E-state index contributed by atoms with van der Waals surface area (Å²) in [6, 6.07) is 1.55. The molecule has 1 fully saturated rings. The van der Waals surface area contributed by atoms with E-state index in [1.165, 1.54) is 25.8 Å². The van der Waals surface area contributed by atoms with Crippen LogP contribution >= 0.6 is 0 Å². The van der Waals surface area contributed by atoms with Gasteiger partial charge in [-0.1, -0.05) is 13.8 Å². The maximum Gasteiger partial charge on any atom is 0.0195 e. The molecule has 0 bridgehead atoms. The van der Waals surface area contributed by atoms with Gasteiger partial charge in [0.15, 0.2) is 0 Å². The highest BCUT2D eigenvalue weighted by molar-refractivity contribution is 4.89. The summed E-state index contributed by atoms with van der Waals surface area (Å²) in [5.74, 6) is 0.819. The molecule has 0 saturated heterocycles. The molecule has 0 aliphatic heterocycles. The third-order valence-corrected chi connectivity index (χ3v) is 3.47. The largest absolute Gasteiger partial charge is 0.311 e. The first-order valence-corrected chi connectivity index (χ1v) is 7.30. The maximum absolute atomic E-state index is 3.63. The highest BCUT2D eigenvalue weighted by Gasteiger charge is 2.32. The molecule has 0 aromatic heterocycles. The summed E-state index contributed by atoms with van der Waals surface area (Å²) in [5, 5.41) is 3.63. The molecule has 1 unspecified atom stereocenters. The Morgan fingerprint density at radius 2 is 1.76 bits per heavy atom. The zero-order valence-electron chi connectivity index (χ0n) is 12.7. The molecule has 1 saturated carbocycles. The zero-order valence-corrected chi connectivity index (χ0v) is 12.7. The van der Waals surface area contributed by atoms with Crippen molar-refractivity contribution in [2.24, 2.45) is 5.92 Å². The molecule has 1 aliphatic rings. The quantitative estimate of drug-likeness (QED) is 0.735. The summed E-state index contributed by atoms with van der Waals surface area (Å²) >= 11 is 0. The van der Waals surface area contributed by atoms with Crippen molar-refractivity contribution in [3.8, 4) is 0 Å². The summed E-state index contributed by atoms with van der Waals surface area (Å²) in [5.41, 5.74) is 0.238. The Hall–Kier alpha value is -0.0800. The van der Waals surface area contributed by atoms with Crippen molar-refractivity contribution in [1.29, 1.82) is 0 Å². The minimum Gasteiger partial charge on any atom is -0.311 e. The van der Waals surface area contributed by atoms with Gasteiger partial charge < -0.3 is 5.32 Å². The standard InChI is InChI=1S/C15H32N2/c1-12(2)9-10-17(14-7-8-14)13(3)11-16-15(4,5)6/h12-14,16H,7-11H2,1-6H3. The zero-order chi connectivity index (χ0) is 13.1. The predicted molar refractivity (Wildman–Crippen MR) is 76.4 cm³/mol. The molecule has 1 aliphatic carbocycles. The average molecular weight is 240 g/mol. The molecule has 0 spiro atoms. The summed E-state index contributed by atoms with van der Waals surface area (Å²) in [4.78, 5) is 2.72. The van der Waals surface area contributed by atoms with E-state index in [1.54, 1.807) is 0 Å². The molecular weight excluding hydrogens is 208 g/mol. The predicted octanol–water partition coefficient (Wildman–Crippen LogP) is 3.27. The highest BCUT2D eigenvalue weighted by Crippen LogP contribution is 2.29. The van der Waals surface area contributed by atoms with Crippen molar-refractivity contribution in [1.82, 2.24) is 10.2 Å².